The standard InChI is InChI=1S/C31H40F4O2/c1-2-3-4-5-22-6-8-23(9-7-22)24-10-12-25(13-11-24)26-14-16-27(17-15-26)31(34,35)37-29-20-18-28(19-21-29)36-30(32)33/h14-25,30H,2-13H2,1H3. The Morgan fingerprint density at radius 2 is 1.32 bits per heavy atom. The molecule has 0 bridgehead atoms. The molecule has 0 saturated heterocycles. The van der Waals surface area contributed by atoms with Crippen LogP contribution in [0.1, 0.15) is 101 Å². The monoisotopic (exact) mass is 520 g/mol. The average Bonchev–Trinajstić information content (AvgIpc) is 2.90. The predicted octanol–water partition coefficient (Wildman–Crippen LogP) is 10.1. The maximum Gasteiger partial charge on any atom is 0.426 e. The third-order valence-corrected chi connectivity index (χ3v) is 8.56. The molecule has 0 unspecified atom stereocenters. The van der Waals surface area contributed by atoms with Crippen molar-refractivity contribution in [3.8, 4) is 11.5 Å². The van der Waals surface area contributed by atoms with Crippen molar-refractivity contribution in [3.63, 3.8) is 0 Å². The summed E-state index contributed by atoms with van der Waals surface area (Å²) in [4.78, 5) is 0. The molecule has 4 rings (SSSR count). The topological polar surface area (TPSA) is 18.5 Å². The van der Waals surface area contributed by atoms with Crippen LogP contribution in [0.5, 0.6) is 11.5 Å². The van der Waals surface area contributed by atoms with Crippen molar-refractivity contribution in [2.75, 3.05) is 0 Å². The second kappa shape index (κ2) is 13.0. The Bertz CT molecular complexity index is 929. The van der Waals surface area contributed by atoms with Crippen LogP contribution in [-0.4, -0.2) is 6.61 Å². The summed E-state index contributed by atoms with van der Waals surface area (Å²) in [6.45, 7) is -0.700. The van der Waals surface area contributed by atoms with Crippen LogP contribution in [0.3, 0.4) is 0 Å². The Labute approximate surface area is 218 Å². The molecule has 2 aliphatic rings. The number of unbranched alkanes of at least 4 members (excludes halogenated alkanes) is 2. The van der Waals surface area contributed by atoms with Crippen LogP contribution in [0, 0.1) is 17.8 Å². The minimum absolute atomic E-state index is 0.111. The zero-order chi connectivity index (χ0) is 26.3. The molecule has 0 heterocycles. The van der Waals surface area contributed by atoms with Crippen LogP contribution in [0.25, 0.3) is 0 Å². The fraction of sp³-hybridized carbons (Fsp3) is 0.613. The Morgan fingerprint density at radius 1 is 0.757 bits per heavy atom. The van der Waals surface area contributed by atoms with Crippen LogP contribution < -0.4 is 9.47 Å². The quantitative estimate of drug-likeness (QED) is 0.217. The van der Waals surface area contributed by atoms with Crippen molar-refractivity contribution in [3.05, 3.63) is 59.7 Å². The summed E-state index contributed by atoms with van der Waals surface area (Å²) >= 11 is 0. The van der Waals surface area contributed by atoms with Crippen molar-refractivity contribution in [1.29, 1.82) is 0 Å². The molecular weight excluding hydrogens is 480 g/mol. The van der Waals surface area contributed by atoms with Crippen molar-refractivity contribution < 1.29 is 27.0 Å². The molecule has 2 saturated carbocycles. The van der Waals surface area contributed by atoms with Gasteiger partial charge in [0.25, 0.3) is 0 Å². The molecule has 37 heavy (non-hydrogen) atoms. The SMILES string of the molecule is CCCCCC1CCC(C2CCC(c3ccc(C(F)(F)Oc4ccc(OC(F)F)cc4)cc3)CC2)CC1. The molecule has 0 N–H and O–H groups in total. The molecule has 204 valence electrons. The summed E-state index contributed by atoms with van der Waals surface area (Å²) in [6.07, 6.45) is 12.2. The number of ether oxygens (including phenoxy) is 2. The van der Waals surface area contributed by atoms with E-state index < -0.39 is 12.7 Å². The van der Waals surface area contributed by atoms with E-state index in [4.69, 9.17) is 4.74 Å². The molecule has 0 spiro atoms. The van der Waals surface area contributed by atoms with Gasteiger partial charge in [0.15, 0.2) is 0 Å². The van der Waals surface area contributed by atoms with E-state index >= 15 is 0 Å². The van der Waals surface area contributed by atoms with Gasteiger partial charge in [-0.3, -0.25) is 0 Å². The Morgan fingerprint density at radius 3 is 1.89 bits per heavy atom. The molecular formula is C31H40F4O2. The summed E-state index contributed by atoms with van der Waals surface area (Å²) in [5.74, 6) is 2.83. The normalized spacial score (nSPS) is 24.7. The van der Waals surface area contributed by atoms with Crippen LogP contribution in [-0.2, 0) is 6.11 Å². The Balaban J connectivity index is 1.25. The first kappa shape index (κ1) is 27.8. The van der Waals surface area contributed by atoms with Gasteiger partial charge >= 0.3 is 12.7 Å². The molecule has 0 aliphatic heterocycles. The summed E-state index contributed by atoms with van der Waals surface area (Å²) < 4.78 is 63.1. The highest BCUT2D eigenvalue weighted by atomic mass is 19.3. The van der Waals surface area contributed by atoms with Crippen molar-refractivity contribution in [2.24, 2.45) is 17.8 Å². The predicted molar refractivity (Wildman–Crippen MR) is 138 cm³/mol. The number of hydrogen-bond acceptors (Lipinski definition) is 2. The highest BCUT2D eigenvalue weighted by molar-refractivity contribution is 5.33. The van der Waals surface area contributed by atoms with Gasteiger partial charge in [0, 0.05) is 0 Å². The van der Waals surface area contributed by atoms with Gasteiger partial charge in [-0.1, -0.05) is 57.6 Å². The molecule has 2 nitrogen and oxygen atoms in total. The first-order valence-electron chi connectivity index (χ1n) is 14.1. The molecule has 2 aromatic rings. The van der Waals surface area contributed by atoms with E-state index in [9.17, 15) is 17.6 Å². The fourth-order valence-corrected chi connectivity index (χ4v) is 6.40. The van der Waals surface area contributed by atoms with Gasteiger partial charge in [0.05, 0.1) is 5.56 Å². The van der Waals surface area contributed by atoms with Crippen LogP contribution in [0.2, 0.25) is 0 Å². The molecule has 0 atom stereocenters. The summed E-state index contributed by atoms with van der Waals surface area (Å²) in [5.41, 5.74) is 0.889. The van der Waals surface area contributed by atoms with E-state index in [-0.39, 0.29) is 17.1 Å². The van der Waals surface area contributed by atoms with E-state index in [0.717, 1.165) is 36.2 Å². The van der Waals surface area contributed by atoms with Crippen molar-refractivity contribution >= 4 is 0 Å². The molecule has 0 amide bonds. The average molecular weight is 521 g/mol. The van der Waals surface area contributed by atoms with Gasteiger partial charge in [0.2, 0.25) is 0 Å². The lowest BCUT2D eigenvalue weighted by molar-refractivity contribution is -0.185. The molecule has 2 aromatic carbocycles. The van der Waals surface area contributed by atoms with Gasteiger partial charge in [-0.05, 0) is 104 Å². The minimum Gasteiger partial charge on any atom is -0.435 e. The zero-order valence-electron chi connectivity index (χ0n) is 21.8. The second-order valence-corrected chi connectivity index (χ2v) is 11.0. The number of rotatable bonds is 11. The van der Waals surface area contributed by atoms with Crippen LogP contribution in [0.4, 0.5) is 17.6 Å². The lowest BCUT2D eigenvalue weighted by atomic mass is 9.68. The number of benzene rings is 2. The summed E-state index contributed by atoms with van der Waals surface area (Å²) in [6, 6.07) is 11.2. The summed E-state index contributed by atoms with van der Waals surface area (Å²) in [7, 11) is 0. The van der Waals surface area contributed by atoms with Gasteiger partial charge in [-0.15, -0.1) is 0 Å². The van der Waals surface area contributed by atoms with Crippen LogP contribution >= 0.6 is 0 Å². The largest absolute Gasteiger partial charge is 0.435 e. The van der Waals surface area contributed by atoms with E-state index in [2.05, 4.69) is 11.7 Å². The number of hydrogen-bond donors (Lipinski definition) is 0. The molecule has 2 aliphatic carbocycles. The van der Waals surface area contributed by atoms with Crippen LogP contribution in [0.15, 0.2) is 48.5 Å². The Hall–Kier alpha value is -2.24. The van der Waals surface area contributed by atoms with E-state index in [1.54, 1.807) is 12.1 Å². The maximum atomic E-state index is 14.7. The first-order valence-corrected chi connectivity index (χ1v) is 14.1. The second-order valence-electron chi connectivity index (χ2n) is 11.0. The lowest BCUT2D eigenvalue weighted by Crippen LogP contribution is -2.25. The smallest absolute Gasteiger partial charge is 0.426 e. The minimum atomic E-state index is -3.53. The number of alkyl halides is 4. The molecule has 6 heteroatoms. The third-order valence-electron chi connectivity index (χ3n) is 8.56. The maximum absolute atomic E-state index is 14.7. The van der Waals surface area contributed by atoms with Gasteiger partial charge in [0.1, 0.15) is 11.5 Å². The van der Waals surface area contributed by atoms with Crippen molar-refractivity contribution in [2.45, 2.75) is 103 Å². The van der Waals surface area contributed by atoms with Crippen molar-refractivity contribution in [1.82, 2.24) is 0 Å². The molecule has 0 radical (unpaired) electrons. The van der Waals surface area contributed by atoms with E-state index in [1.165, 1.54) is 101 Å². The van der Waals surface area contributed by atoms with E-state index in [0.29, 0.717) is 5.92 Å². The molecule has 0 aromatic heterocycles. The van der Waals surface area contributed by atoms with E-state index in [1.807, 2.05) is 0 Å². The third kappa shape index (κ3) is 7.87. The summed E-state index contributed by atoms with van der Waals surface area (Å²) in [5, 5.41) is 0. The lowest BCUT2D eigenvalue weighted by Gasteiger charge is -2.38. The first-order chi connectivity index (χ1) is 17.8. The fourth-order valence-electron chi connectivity index (χ4n) is 6.40. The van der Waals surface area contributed by atoms with Gasteiger partial charge in [-0.2, -0.15) is 17.6 Å². The van der Waals surface area contributed by atoms with Gasteiger partial charge < -0.3 is 9.47 Å². The highest BCUT2D eigenvalue weighted by Gasteiger charge is 2.35. The highest BCUT2D eigenvalue weighted by Crippen LogP contribution is 2.45. The zero-order valence-corrected chi connectivity index (χ0v) is 21.8. The number of halogens is 4. The molecule has 2 fully saturated rings. The van der Waals surface area contributed by atoms with Gasteiger partial charge in [-0.25, -0.2) is 0 Å². The Kier molecular flexibility index (Phi) is 9.77.